The van der Waals surface area contributed by atoms with Crippen molar-refractivity contribution in [1.82, 2.24) is 20.1 Å². The fourth-order valence-corrected chi connectivity index (χ4v) is 4.99. The van der Waals surface area contributed by atoms with E-state index in [4.69, 9.17) is 9.40 Å². The average molecular weight is 391 g/mol. The molecule has 0 N–H and O–H groups in total. The van der Waals surface area contributed by atoms with Crippen molar-refractivity contribution in [2.45, 2.75) is 31.7 Å². The number of piperidine rings is 1. The summed E-state index contributed by atoms with van der Waals surface area (Å²) >= 11 is 1.84. The van der Waals surface area contributed by atoms with Gasteiger partial charge >= 0.3 is 0 Å². The van der Waals surface area contributed by atoms with Gasteiger partial charge in [-0.15, -0.1) is 21.5 Å². The van der Waals surface area contributed by atoms with Crippen LogP contribution in [0.4, 0.5) is 0 Å². The number of hydrogen-bond acceptors (Lipinski definition) is 6. The molecule has 0 amide bonds. The van der Waals surface area contributed by atoms with Gasteiger partial charge in [-0.2, -0.15) is 0 Å². The number of likely N-dealkylation sites (tertiary alicyclic amines) is 1. The Bertz CT molecular complexity index is 1030. The molecule has 0 radical (unpaired) electrons. The first kappa shape index (κ1) is 17.5. The van der Waals surface area contributed by atoms with E-state index in [1.54, 1.807) is 0 Å². The lowest BCUT2D eigenvalue weighted by Crippen LogP contribution is -2.35. The molecule has 1 aliphatic rings. The van der Waals surface area contributed by atoms with Crippen molar-refractivity contribution in [2.75, 3.05) is 13.1 Å². The standard InChI is InChI=1S/C22H22N4OS/c1-15(20-24-25-21(27-20)16-7-3-2-4-8-16)26-13-11-17(12-14-26)22-23-18-9-5-6-10-19(18)28-22/h2-10,15,17H,11-14H2,1H3/t15-/m0/s1. The summed E-state index contributed by atoms with van der Waals surface area (Å²) in [5, 5.41) is 9.82. The third-order valence-electron chi connectivity index (χ3n) is 5.56. The molecule has 0 aliphatic carbocycles. The van der Waals surface area contributed by atoms with Crippen LogP contribution in [0.1, 0.15) is 42.6 Å². The highest BCUT2D eigenvalue weighted by atomic mass is 32.1. The van der Waals surface area contributed by atoms with E-state index >= 15 is 0 Å². The van der Waals surface area contributed by atoms with Gasteiger partial charge in [0.25, 0.3) is 0 Å². The first-order valence-electron chi connectivity index (χ1n) is 9.76. The van der Waals surface area contributed by atoms with Crippen LogP contribution in [0.3, 0.4) is 0 Å². The van der Waals surface area contributed by atoms with Gasteiger partial charge < -0.3 is 4.42 Å². The highest BCUT2D eigenvalue weighted by molar-refractivity contribution is 7.18. The largest absolute Gasteiger partial charge is 0.419 e. The number of benzene rings is 2. The zero-order valence-corrected chi connectivity index (χ0v) is 16.6. The van der Waals surface area contributed by atoms with E-state index < -0.39 is 0 Å². The maximum Gasteiger partial charge on any atom is 0.247 e. The predicted octanol–water partition coefficient (Wildman–Crippen LogP) is 5.29. The van der Waals surface area contributed by atoms with Crippen LogP contribution in [0, 0.1) is 0 Å². The minimum Gasteiger partial charge on any atom is -0.419 e. The maximum absolute atomic E-state index is 5.96. The molecular weight excluding hydrogens is 368 g/mol. The van der Waals surface area contributed by atoms with E-state index in [0.717, 1.165) is 37.0 Å². The molecule has 5 nitrogen and oxygen atoms in total. The van der Waals surface area contributed by atoms with Crippen LogP contribution in [0.25, 0.3) is 21.7 Å². The third-order valence-corrected chi connectivity index (χ3v) is 6.75. The molecule has 1 saturated heterocycles. The molecule has 4 aromatic rings. The number of thiazole rings is 1. The van der Waals surface area contributed by atoms with E-state index in [-0.39, 0.29) is 6.04 Å². The molecule has 2 aromatic carbocycles. The Hall–Kier alpha value is -2.57. The highest BCUT2D eigenvalue weighted by Crippen LogP contribution is 2.36. The van der Waals surface area contributed by atoms with Gasteiger partial charge in [0, 0.05) is 11.5 Å². The summed E-state index contributed by atoms with van der Waals surface area (Å²) in [7, 11) is 0. The second kappa shape index (κ2) is 7.45. The van der Waals surface area contributed by atoms with Crippen LogP contribution in [-0.4, -0.2) is 33.2 Å². The van der Waals surface area contributed by atoms with Crippen molar-refractivity contribution >= 4 is 21.6 Å². The third kappa shape index (κ3) is 3.34. The molecule has 28 heavy (non-hydrogen) atoms. The molecule has 6 heteroatoms. The Morgan fingerprint density at radius 2 is 1.75 bits per heavy atom. The van der Waals surface area contributed by atoms with Crippen LogP contribution >= 0.6 is 11.3 Å². The van der Waals surface area contributed by atoms with Crippen molar-refractivity contribution < 1.29 is 4.42 Å². The Kier molecular flexibility index (Phi) is 4.66. The molecule has 1 aliphatic heterocycles. The Balaban J connectivity index is 1.26. The zero-order valence-electron chi connectivity index (χ0n) is 15.8. The molecule has 1 fully saturated rings. The molecule has 5 rings (SSSR count). The molecule has 142 valence electrons. The van der Waals surface area contributed by atoms with E-state index in [0.29, 0.717) is 17.7 Å². The fraction of sp³-hybridized carbons (Fsp3) is 0.318. The van der Waals surface area contributed by atoms with Gasteiger partial charge in [0.2, 0.25) is 11.8 Å². The van der Waals surface area contributed by atoms with Crippen LogP contribution in [0.15, 0.2) is 59.0 Å². The van der Waals surface area contributed by atoms with Crippen LogP contribution in [-0.2, 0) is 0 Å². The van der Waals surface area contributed by atoms with Crippen molar-refractivity contribution in [3.63, 3.8) is 0 Å². The Labute approximate surface area is 168 Å². The summed E-state index contributed by atoms with van der Waals surface area (Å²) in [6.07, 6.45) is 2.23. The van der Waals surface area contributed by atoms with E-state index in [1.807, 2.05) is 41.7 Å². The molecular formula is C22H22N4OS. The van der Waals surface area contributed by atoms with Gasteiger partial charge in [-0.1, -0.05) is 30.3 Å². The van der Waals surface area contributed by atoms with Crippen molar-refractivity contribution in [3.8, 4) is 11.5 Å². The predicted molar refractivity (Wildman–Crippen MR) is 111 cm³/mol. The second-order valence-electron chi connectivity index (χ2n) is 7.32. The first-order valence-corrected chi connectivity index (χ1v) is 10.6. The number of hydrogen-bond donors (Lipinski definition) is 0. The van der Waals surface area contributed by atoms with Gasteiger partial charge in [-0.3, -0.25) is 4.90 Å². The summed E-state index contributed by atoms with van der Waals surface area (Å²) < 4.78 is 7.25. The Morgan fingerprint density at radius 1 is 1.00 bits per heavy atom. The molecule has 3 heterocycles. The fourth-order valence-electron chi connectivity index (χ4n) is 3.86. The zero-order chi connectivity index (χ0) is 18.9. The summed E-state index contributed by atoms with van der Waals surface area (Å²) in [6.45, 7) is 4.19. The molecule has 1 atom stereocenters. The molecule has 0 bridgehead atoms. The molecule has 0 spiro atoms. The molecule has 2 aromatic heterocycles. The second-order valence-corrected chi connectivity index (χ2v) is 8.38. The van der Waals surface area contributed by atoms with Crippen LogP contribution in [0.2, 0.25) is 0 Å². The minimum absolute atomic E-state index is 0.126. The van der Waals surface area contributed by atoms with Gasteiger partial charge in [-0.05, 0) is 57.1 Å². The summed E-state index contributed by atoms with van der Waals surface area (Å²) in [4.78, 5) is 7.30. The molecule has 0 unspecified atom stereocenters. The first-order chi connectivity index (χ1) is 13.8. The highest BCUT2D eigenvalue weighted by Gasteiger charge is 2.28. The molecule has 0 saturated carbocycles. The lowest BCUT2D eigenvalue weighted by Gasteiger charge is -2.33. The number of rotatable bonds is 4. The monoisotopic (exact) mass is 390 g/mol. The van der Waals surface area contributed by atoms with Gasteiger partial charge in [0.1, 0.15) is 0 Å². The average Bonchev–Trinajstić information content (AvgIpc) is 3.41. The topological polar surface area (TPSA) is 55.1 Å². The SMILES string of the molecule is C[C@@H](c1nnc(-c2ccccc2)o1)N1CCC(c2nc3ccccc3s2)CC1. The number of fused-ring (bicyclic) bond motifs is 1. The van der Waals surface area contributed by atoms with Crippen molar-refractivity contribution in [2.24, 2.45) is 0 Å². The summed E-state index contributed by atoms with van der Waals surface area (Å²) in [5.41, 5.74) is 2.08. The van der Waals surface area contributed by atoms with Crippen molar-refractivity contribution in [1.29, 1.82) is 0 Å². The number of para-hydroxylation sites is 1. The van der Waals surface area contributed by atoms with E-state index in [1.165, 1.54) is 9.71 Å². The Morgan fingerprint density at radius 3 is 2.54 bits per heavy atom. The lowest BCUT2D eigenvalue weighted by molar-refractivity contribution is 0.143. The van der Waals surface area contributed by atoms with Gasteiger partial charge in [-0.25, -0.2) is 4.98 Å². The maximum atomic E-state index is 5.96. The summed E-state index contributed by atoms with van der Waals surface area (Å²) in [5.74, 6) is 1.83. The van der Waals surface area contributed by atoms with Crippen LogP contribution < -0.4 is 0 Å². The van der Waals surface area contributed by atoms with Crippen molar-refractivity contribution in [3.05, 3.63) is 65.5 Å². The van der Waals surface area contributed by atoms with Gasteiger partial charge in [0.05, 0.1) is 21.3 Å². The van der Waals surface area contributed by atoms with E-state index in [9.17, 15) is 0 Å². The quantitative estimate of drug-likeness (QED) is 0.474. The minimum atomic E-state index is 0.126. The van der Waals surface area contributed by atoms with Crippen LogP contribution in [0.5, 0.6) is 0 Å². The summed E-state index contributed by atoms with van der Waals surface area (Å²) in [6, 6.07) is 18.5. The normalized spacial score (nSPS) is 17.2. The number of nitrogens with zero attached hydrogens (tertiary/aromatic N) is 4. The van der Waals surface area contributed by atoms with E-state index in [2.05, 4.69) is 46.3 Å². The van der Waals surface area contributed by atoms with Gasteiger partial charge in [0.15, 0.2) is 0 Å². The smallest absolute Gasteiger partial charge is 0.247 e. The number of aromatic nitrogens is 3. The lowest BCUT2D eigenvalue weighted by atomic mass is 9.96.